The van der Waals surface area contributed by atoms with Gasteiger partial charge in [0.2, 0.25) is 0 Å². The maximum Gasteiger partial charge on any atom is 0.0681 e. The molecule has 1 aromatic rings. The predicted octanol–water partition coefficient (Wildman–Crippen LogP) is 2.66. The number of aliphatic hydroxyl groups is 1. The van der Waals surface area contributed by atoms with Crippen LogP contribution >= 0.6 is 0 Å². The molecule has 0 bridgehead atoms. The average molecular weight is 233 g/mol. The van der Waals surface area contributed by atoms with Crippen molar-refractivity contribution in [1.82, 2.24) is 4.90 Å². The Morgan fingerprint density at radius 2 is 1.59 bits per heavy atom. The SMILES string of the molecule is CC1CC(C)CN(Cc2ccc(CO)cc2)C1. The van der Waals surface area contributed by atoms with Crippen molar-refractivity contribution in [2.24, 2.45) is 11.8 Å². The fourth-order valence-corrected chi connectivity index (χ4v) is 2.93. The summed E-state index contributed by atoms with van der Waals surface area (Å²) in [6.45, 7) is 8.30. The molecule has 0 amide bonds. The van der Waals surface area contributed by atoms with Gasteiger partial charge in [-0.05, 0) is 29.4 Å². The first-order valence-corrected chi connectivity index (χ1v) is 6.58. The normalized spacial score (nSPS) is 26.1. The van der Waals surface area contributed by atoms with E-state index in [2.05, 4.69) is 30.9 Å². The standard InChI is InChI=1S/C15H23NO/c1-12-7-13(2)9-16(8-12)10-14-3-5-15(11-17)6-4-14/h3-6,12-13,17H,7-11H2,1-2H3. The van der Waals surface area contributed by atoms with E-state index in [4.69, 9.17) is 5.11 Å². The summed E-state index contributed by atoms with van der Waals surface area (Å²) < 4.78 is 0. The lowest BCUT2D eigenvalue weighted by atomic mass is 9.91. The fourth-order valence-electron chi connectivity index (χ4n) is 2.93. The minimum atomic E-state index is 0.137. The number of piperidine rings is 1. The molecular formula is C15H23NO. The second kappa shape index (κ2) is 5.65. The van der Waals surface area contributed by atoms with Crippen LogP contribution in [0.15, 0.2) is 24.3 Å². The summed E-state index contributed by atoms with van der Waals surface area (Å²) in [6.07, 6.45) is 1.36. The van der Waals surface area contributed by atoms with E-state index < -0.39 is 0 Å². The molecule has 1 fully saturated rings. The van der Waals surface area contributed by atoms with E-state index in [-0.39, 0.29) is 6.61 Å². The monoisotopic (exact) mass is 233 g/mol. The van der Waals surface area contributed by atoms with Gasteiger partial charge in [0.15, 0.2) is 0 Å². The lowest BCUT2D eigenvalue weighted by Gasteiger charge is -2.35. The summed E-state index contributed by atoms with van der Waals surface area (Å²) in [5.74, 6) is 1.63. The van der Waals surface area contributed by atoms with Crippen LogP contribution in [0.3, 0.4) is 0 Å². The van der Waals surface area contributed by atoms with E-state index in [1.54, 1.807) is 0 Å². The Bertz CT molecular complexity index is 336. The van der Waals surface area contributed by atoms with Crippen LogP contribution in [0.2, 0.25) is 0 Å². The maximum atomic E-state index is 9.01. The largest absolute Gasteiger partial charge is 0.392 e. The lowest BCUT2D eigenvalue weighted by molar-refractivity contribution is 0.134. The molecule has 1 saturated heterocycles. The minimum Gasteiger partial charge on any atom is -0.392 e. The molecule has 17 heavy (non-hydrogen) atoms. The Morgan fingerprint density at radius 3 is 2.12 bits per heavy atom. The fraction of sp³-hybridized carbons (Fsp3) is 0.600. The van der Waals surface area contributed by atoms with Gasteiger partial charge >= 0.3 is 0 Å². The number of nitrogens with zero attached hydrogens (tertiary/aromatic N) is 1. The molecule has 2 atom stereocenters. The van der Waals surface area contributed by atoms with Crippen molar-refractivity contribution in [3.05, 3.63) is 35.4 Å². The molecule has 0 aromatic heterocycles. The van der Waals surface area contributed by atoms with Crippen molar-refractivity contribution in [1.29, 1.82) is 0 Å². The predicted molar refractivity (Wildman–Crippen MR) is 70.6 cm³/mol. The van der Waals surface area contributed by atoms with Crippen LogP contribution in [0.4, 0.5) is 0 Å². The second-order valence-electron chi connectivity index (χ2n) is 5.61. The molecule has 94 valence electrons. The summed E-state index contributed by atoms with van der Waals surface area (Å²) in [7, 11) is 0. The van der Waals surface area contributed by atoms with Crippen LogP contribution < -0.4 is 0 Å². The molecule has 1 aliphatic heterocycles. The van der Waals surface area contributed by atoms with Crippen molar-refractivity contribution < 1.29 is 5.11 Å². The molecule has 0 saturated carbocycles. The Hall–Kier alpha value is -0.860. The van der Waals surface area contributed by atoms with Gasteiger partial charge in [-0.25, -0.2) is 0 Å². The number of likely N-dealkylation sites (tertiary alicyclic amines) is 1. The Labute approximate surface area is 104 Å². The van der Waals surface area contributed by atoms with E-state index in [0.717, 1.165) is 23.9 Å². The Balaban J connectivity index is 1.95. The molecule has 2 unspecified atom stereocenters. The van der Waals surface area contributed by atoms with Crippen molar-refractivity contribution in [3.8, 4) is 0 Å². The van der Waals surface area contributed by atoms with Crippen LogP contribution in [0.5, 0.6) is 0 Å². The highest BCUT2D eigenvalue weighted by Gasteiger charge is 2.21. The van der Waals surface area contributed by atoms with E-state index in [1.165, 1.54) is 25.1 Å². The minimum absolute atomic E-state index is 0.137. The highest BCUT2D eigenvalue weighted by molar-refractivity contribution is 5.21. The number of rotatable bonds is 3. The van der Waals surface area contributed by atoms with Gasteiger partial charge in [-0.1, -0.05) is 38.1 Å². The molecule has 2 nitrogen and oxygen atoms in total. The average Bonchev–Trinajstić information content (AvgIpc) is 2.28. The quantitative estimate of drug-likeness (QED) is 0.867. The molecule has 2 rings (SSSR count). The van der Waals surface area contributed by atoms with Crippen LogP contribution in [0.1, 0.15) is 31.4 Å². The highest BCUT2D eigenvalue weighted by atomic mass is 16.3. The molecule has 1 heterocycles. The van der Waals surface area contributed by atoms with Crippen LogP contribution in [-0.4, -0.2) is 23.1 Å². The van der Waals surface area contributed by atoms with Crippen molar-refractivity contribution in [2.45, 2.75) is 33.4 Å². The Kier molecular flexibility index (Phi) is 4.19. The zero-order chi connectivity index (χ0) is 12.3. The van der Waals surface area contributed by atoms with Crippen molar-refractivity contribution in [3.63, 3.8) is 0 Å². The topological polar surface area (TPSA) is 23.5 Å². The summed E-state index contributed by atoms with van der Waals surface area (Å²) in [4.78, 5) is 2.55. The van der Waals surface area contributed by atoms with Gasteiger partial charge < -0.3 is 5.11 Å². The Morgan fingerprint density at radius 1 is 1.06 bits per heavy atom. The second-order valence-corrected chi connectivity index (χ2v) is 5.61. The van der Waals surface area contributed by atoms with Crippen LogP contribution in [-0.2, 0) is 13.2 Å². The summed E-state index contributed by atoms with van der Waals surface area (Å²) in [6, 6.07) is 8.31. The molecule has 1 N–H and O–H groups in total. The molecular weight excluding hydrogens is 210 g/mol. The first-order chi connectivity index (χ1) is 8.17. The van der Waals surface area contributed by atoms with Crippen molar-refractivity contribution >= 4 is 0 Å². The lowest BCUT2D eigenvalue weighted by Crippen LogP contribution is -2.38. The molecule has 1 aliphatic rings. The number of aliphatic hydroxyl groups excluding tert-OH is 1. The third-order valence-corrected chi connectivity index (χ3v) is 3.56. The third kappa shape index (κ3) is 3.55. The van der Waals surface area contributed by atoms with E-state index in [1.807, 2.05) is 12.1 Å². The zero-order valence-corrected chi connectivity index (χ0v) is 10.9. The number of benzene rings is 1. The molecule has 0 radical (unpaired) electrons. The highest BCUT2D eigenvalue weighted by Crippen LogP contribution is 2.22. The first-order valence-electron chi connectivity index (χ1n) is 6.58. The number of hydrogen-bond donors (Lipinski definition) is 1. The summed E-state index contributed by atoms with van der Waals surface area (Å²) in [5.41, 5.74) is 2.35. The maximum absolute atomic E-state index is 9.01. The summed E-state index contributed by atoms with van der Waals surface area (Å²) in [5, 5.41) is 9.01. The van der Waals surface area contributed by atoms with Gasteiger partial charge in [0, 0.05) is 19.6 Å². The van der Waals surface area contributed by atoms with Gasteiger partial charge in [0.25, 0.3) is 0 Å². The van der Waals surface area contributed by atoms with Gasteiger partial charge in [0.05, 0.1) is 6.61 Å². The van der Waals surface area contributed by atoms with Gasteiger partial charge in [-0.2, -0.15) is 0 Å². The van der Waals surface area contributed by atoms with Gasteiger partial charge in [0.1, 0.15) is 0 Å². The molecule has 0 aliphatic carbocycles. The zero-order valence-electron chi connectivity index (χ0n) is 10.9. The first kappa shape index (κ1) is 12.6. The van der Waals surface area contributed by atoms with E-state index in [9.17, 15) is 0 Å². The van der Waals surface area contributed by atoms with Crippen LogP contribution in [0, 0.1) is 11.8 Å². The molecule has 2 heteroatoms. The van der Waals surface area contributed by atoms with Crippen molar-refractivity contribution in [2.75, 3.05) is 13.1 Å². The molecule has 0 spiro atoms. The van der Waals surface area contributed by atoms with E-state index in [0.29, 0.717) is 0 Å². The third-order valence-electron chi connectivity index (χ3n) is 3.56. The smallest absolute Gasteiger partial charge is 0.0681 e. The van der Waals surface area contributed by atoms with Crippen LogP contribution in [0.25, 0.3) is 0 Å². The molecule has 1 aromatic carbocycles. The van der Waals surface area contributed by atoms with E-state index >= 15 is 0 Å². The summed E-state index contributed by atoms with van der Waals surface area (Å²) >= 11 is 0. The number of hydrogen-bond acceptors (Lipinski definition) is 2. The van der Waals surface area contributed by atoms with Gasteiger partial charge in [-0.15, -0.1) is 0 Å². The van der Waals surface area contributed by atoms with Gasteiger partial charge in [-0.3, -0.25) is 4.90 Å².